The molecule has 0 saturated heterocycles. The Bertz CT molecular complexity index is 77.0. The molecule has 0 fully saturated rings. The molecule has 0 amide bonds. The highest BCUT2D eigenvalue weighted by Crippen LogP contribution is 2.24. The summed E-state index contributed by atoms with van der Waals surface area (Å²) in [5.41, 5.74) is 0.632. The second kappa shape index (κ2) is 3.37. The molecule has 0 aliphatic heterocycles. The van der Waals surface area contributed by atoms with E-state index < -0.39 is 8.24 Å². The van der Waals surface area contributed by atoms with Crippen molar-refractivity contribution in [2.75, 3.05) is 0 Å². The van der Waals surface area contributed by atoms with E-state index in [9.17, 15) is 0 Å². The van der Waals surface area contributed by atoms with Crippen molar-refractivity contribution in [3.05, 3.63) is 0 Å². The highest BCUT2D eigenvalue weighted by atomic mass is 28.3. The van der Waals surface area contributed by atoms with E-state index in [1.807, 2.05) is 0 Å². The second-order valence-electron chi connectivity index (χ2n) is 3.02. The van der Waals surface area contributed by atoms with Crippen LogP contribution in [0.5, 0.6) is 0 Å². The lowest BCUT2D eigenvalue weighted by atomic mass is 10.6. The molecule has 0 aromatic heterocycles. The quantitative estimate of drug-likeness (QED) is 0.544. The van der Waals surface area contributed by atoms with E-state index in [1.54, 1.807) is 0 Å². The van der Waals surface area contributed by atoms with Crippen molar-refractivity contribution in [2.24, 2.45) is 0 Å². The Hall–Kier alpha value is 0.177. The maximum atomic E-state index is 8.01. The summed E-state index contributed by atoms with van der Waals surface area (Å²) in [4.78, 5) is 0. The molecule has 0 saturated carbocycles. The van der Waals surface area contributed by atoms with Crippen LogP contribution in [0.25, 0.3) is 0 Å². The first-order valence-electron chi connectivity index (χ1n) is 3.81. The average molecular weight is 144 g/mol. The number of hydrogen-bond acceptors (Lipinski definition) is 0. The van der Waals surface area contributed by atoms with Crippen LogP contribution in [0.2, 0.25) is 17.6 Å². The van der Waals surface area contributed by atoms with Crippen molar-refractivity contribution in [1.29, 1.82) is 0 Å². The van der Waals surface area contributed by atoms with Crippen molar-refractivity contribution < 1.29 is 0 Å². The minimum Gasteiger partial charge on any atom is -0.284 e. The Kier molecular flexibility index (Phi) is 3.44. The van der Waals surface area contributed by atoms with Crippen LogP contribution in [-0.2, 0) is 0 Å². The third-order valence-electron chi connectivity index (χ3n) is 2.37. The van der Waals surface area contributed by atoms with Gasteiger partial charge in [0.1, 0.15) is 8.24 Å². The Morgan fingerprint density at radius 3 is 1.56 bits per heavy atom. The van der Waals surface area contributed by atoms with Gasteiger partial charge in [-0.15, -0.1) is 0 Å². The van der Waals surface area contributed by atoms with Gasteiger partial charge in [0.25, 0.3) is 0 Å². The Morgan fingerprint density at radius 2 is 1.56 bits per heavy atom. The molecule has 0 rings (SSSR count). The number of nitrogens with one attached hydrogen (secondary N) is 1. The lowest BCUT2D eigenvalue weighted by molar-refractivity contribution is 0.946. The van der Waals surface area contributed by atoms with E-state index in [-0.39, 0.29) is 0 Å². The lowest BCUT2D eigenvalue weighted by Crippen LogP contribution is -2.37. The standard InChI is InChI=1S/C7H18NSi/c1-5-9(8,6-2)7(3)4/h7-8H,5-6H2,1-4H3. The van der Waals surface area contributed by atoms with Gasteiger partial charge in [-0.3, -0.25) is 5.40 Å². The third-order valence-corrected chi connectivity index (χ3v) is 7.10. The lowest BCUT2D eigenvalue weighted by Gasteiger charge is -2.26. The SMILES string of the molecule is CC[Si]([NH])(CC)C(C)C. The van der Waals surface area contributed by atoms with Gasteiger partial charge in [-0.1, -0.05) is 27.7 Å². The maximum absolute atomic E-state index is 8.01. The van der Waals surface area contributed by atoms with Gasteiger partial charge < -0.3 is 0 Å². The molecule has 1 radical (unpaired) electrons. The fraction of sp³-hybridized carbons (Fsp3) is 1.00. The molecule has 0 aromatic rings. The summed E-state index contributed by atoms with van der Waals surface area (Å²) in [5, 5.41) is 8.01. The van der Waals surface area contributed by atoms with Crippen LogP contribution in [0, 0.1) is 0 Å². The average Bonchev–Trinajstić information content (AvgIpc) is 1.86. The monoisotopic (exact) mass is 144 g/mol. The molecule has 0 unspecified atom stereocenters. The minimum atomic E-state index is -1.52. The molecule has 2 heteroatoms. The van der Waals surface area contributed by atoms with E-state index in [4.69, 9.17) is 5.40 Å². The molecule has 9 heavy (non-hydrogen) atoms. The van der Waals surface area contributed by atoms with Gasteiger partial charge in [0.15, 0.2) is 0 Å². The van der Waals surface area contributed by atoms with E-state index in [2.05, 4.69) is 27.7 Å². The number of rotatable bonds is 3. The summed E-state index contributed by atoms with van der Waals surface area (Å²) in [5.74, 6) is 0. The number of hydrogen-bond donors (Lipinski definition) is 0. The molecule has 1 nitrogen and oxygen atoms in total. The zero-order valence-corrected chi connectivity index (χ0v) is 7.99. The maximum Gasteiger partial charge on any atom is 0.142 e. The van der Waals surface area contributed by atoms with E-state index in [1.165, 1.54) is 0 Å². The van der Waals surface area contributed by atoms with Crippen molar-refractivity contribution in [1.82, 2.24) is 5.40 Å². The molecule has 0 aromatic carbocycles. The van der Waals surface area contributed by atoms with Crippen molar-refractivity contribution in [3.8, 4) is 0 Å². The van der Waals surface area contributed by atoms with Crippen molar-refractivity contribution in [3.63, 3.8) is 0 Å². The molecule has 0 atom stereocenters. The normalized spacial score (nSPS) is 12.7. The van der Waals surface area contributed by atoms with E-state index in [0.717, 1.165) is 12.1 Å². The Labute approximate surface area is 59.7 Å². The van der Waals surface area contributed by atoms with Crippen LogP contribution in [0.3, 0.4) is 0 Å². The smallest absolute Gasteiger partial charge is 0.142 e. The minimum absolute atomic E-state index is 0.632. The first kappa shape index (κ1) is 9.18. The van der Waals surface area contributed by atoms with Crippen LogP contribution in [0.1, 0.15) is 27.7 Å². The van der Waals surface area contributed by atoms with E-state index in [0.29, 0.717) is 5.54 Å². The predicted molar refractivity (Wildman–Crippen MR) is 44.9 cm³/mol. The van der Waals surface area contributed by atoms with Gasteiger partial charge in [0.05, 0.1) is 0 Å². The van der Waals surface area contributed by atoms with Gasteiger partial charge in [0.2, 0.25) is 0 Å². The third kappa shape index (κ3) is 2.10. The molecular formula is C7H18NSi. The van der Waals surface area contributed by atoms with Crippen LogP contribution in [0.15, 0.2) is 0 Å². The summed E-state index contributed by atoms with van der Waals surface area (Å²) < 4.78 is 0. The summed E-state index contributed by atoms with van der Waals surface area (Å²) in [6, 6.07) is 2.22. The van der Waals surface area contributed by atoms with Crippen molar-refractivity contribution >= 4 is 8.24 Å². The van der Waals surface area contributed by atoms with Crippen LogP contribution >= 0.6 is 0 Å². The zero-order valence-electron chi connectivity index (χ0n) is 6.99. The topological polar surface area (TPSA) is 23.8 Å². The first-order valence-corrected chi connectivity index (χ1v) is 6.31. The summed E-state index contributed by atoms with van der Waals surface area (Å²) in [7, 11) is -1.52. The fourth-order valence-electron chi connectivity index (χ4n) is 1.07. The molecule has 55 valence electrons. The summed E-state index contributed by atoms with van der Waals surface area (Å²) in [6.45, 7) is 8.68. The highest BCUT2D eigenvalue weighted by Gasteiger charge is 2.28. The van der Waals surface area contributed by atoms with Crippen molar-refractivity contribution in [2.45, 2.75) is 45.3 Å². The first-order chi connectivity index (χ1) is 4.06. The molecule has 1 N–H and O–H groups in total. The largest absolute Gasteiger partial charge is 0.284 e. The summed E-state index contributed by atoms with van der Waals surface area (Å²) >= 11 is 0. The van der Waals surface area contributed by atoms with Crippen LogP contribution in [0.4, 0.5) is 0 Å². The molecular weight excluding hydrogens is 126 g/mol. The Morgan fingerprint density at radius 1 is 1.22 bits per heavy atom. The van der Waals surface area contributed by atoms with Gasteiger partial charge >= 0.3 is 0 Å². The predicted octanol–water partition coefficient (Wildman–Crippen LogP) is 2.66. The highest BCUT2D eigenvalue weighted by molar-refractivity contribution is 6.77. The van der Waals surface area contributed by atoms with Crippen LogP contribution in [-0.4, -0.2) is 8.24 Å². The molecule has 0 bridgehead atoms. The van der Waals surface area contributed by atoms with Gasteiger partial charge in [-0.05, 0) is 17.6 Å². The fourth-order valence-corrected chi connectivity index (χ4v) is 3.20. The summed E-state index contributed by atoms with van der Waals surface area (Å²) in [6.07, 6.45) is 0. The second-order valence-corrected chi connectivity index (χ2v) is 7.90. The van der Waals surface area contributed by atoms with Gasteiger partial charge in [-0.25, -0.2) is 0 Å². The Balaban J connectivity index is 3.92. The zero-order chi connectivity index (χ0) is 7.49. The van der Waals surface area contributed by atoms with Crippen LogP contribution < -0.4 is 5.40 Å². The van der Waals surface area contributed by atoms with E-state index >= 15 is 0 Å². The molecule has 0 spiro atoms. The van der Waals surface area contributed by atoms with Gasteiger partial charge in [0, 0.05) is 0 Å². The molecule has 0 aliphatic rings. The van der Waals surface area contributed by atoms with Gasteiger partial charge in [-0.2, -0.15) is 0 Å². The molecule has 0 heterocycles. The molecule has 0 aliphatic carbocycles.